The lowest BCUT2D eigenvalue weighted by Gasteiger charge is -2.09. The standard InChI is InChI=1S/C6H13Cl3O3SSi/c1-6(2)12-13(10,11)4-3-5-14(7,8)9/h6H,3-5H2,1-2H3. The van der Waals surface area contributed by atoms with Crippen LogP contribution in [0.2, 0.25) is 6.04 Å². The van der Waals surface area contributed by atoms with Crippen LogP contribution in [0.1, 0.15) is 20.3 Å². The van der Waals surface area contributed by atoms with Crippen molar-refractivity contribution in [1.29, 1.82) is 0 Å². The van der Waals surface area contributed by atoms with Crippen molar-refractivity contribution in [2.75, 3.05) is 5.75 Å². The number of hydrogen-bond donors (Lipinski definition) is 0. The second-order valence-electron chi connectivity index (χ2n) is 3.13. The molecule has 0 aliphatic rings. The molecule has 3 nitrogen and oxygen atoms in total. The molecule has 0 rings (SSSR count). The maximum atomic E-state index is 11.2. The van der Waals surface area contributed by atoms with Crippen LogP contribution in [0.15, 0.2) is 0 Å². The third-order valence-corrected chi connectivity index (χ3v) is 5.28. The van der Waals surface area contributed by atoms with E-state index in [0.717, 1.165) is 0 Å². The summed E-state index contributed by atoms with van der Waals surface area (Å²) in [5, 5.41) is 0. The fourth-order valence-corrected chi connectivity index (χ4v) is 4.01. The predicted octanol–water partition coefficient (Wildman–Crippen LogP) is 2.79. The molecule has 0 radical (unpaired) electrons. The third-order valence-electron chi connectivity index (χ3n) is 1.19. The summed E-state index contributed by atoms with van der Waals surface area (Å²) in [6, 6.07) is -2.37. The van der Waals surface area contributed by atoms with Gasteiger partial charge in [0.2, 0.25) is 0 Å². The summed E-state index contributed by atoms with van der Waals surface area (Å²) in [5.74, 6) is -0.0912. The molecular weight excluding hydrogens is 287 g/mol. The summed E-state index contributed by atoms with van der Waals surface area (Å²) >= 11 is 16.8. The van der Waals surface area contributed by atoms with Gasteiger partial charge in [-0.25, -0.2) is 0 Å². The fourth-order valence-electron chi connectivity index (χ4n) is 0.791. The van der Waals surface area contributed by atoms with Crippen molar-refractivity contribution < 1.29 is 12.6 Å². The van der Waals surface area contributed by atoms with E-state index < -0.39 is 16.1 Å². The van der Waals surface area contributed by atoms with E-state index in [0.29, 0.717) is 12.5 Å². The molecule has 0 N–H and O–H groups in total. The second kappa shape index (κ2) is 5.91. The van der Waals surface area contributed by atoms with E-state index in [4.69, 9.17) is 37.4 Å². The molecule has 0 spiro atoms. The van der Waals surface area contributed by atoms with Crippen LogP contribution in [0.5, 0.6) is 0 Å². The van der Waals surface area contributed by atoms with Crippen LogP contribution in [0.25, 0.3) is 0 Å². The average Bonchev–Trinajstić information content (AvgIpc) is 1.78. The predicted molar refractivity (Wildman–Crippen MR) is 62.7 cm³/mol. The van der Waals surface area contributed by atoms with Gasteiger partial charge in [0.05, 0.1) is 11.9 Å². The summed E-state index contributed by atoms with van der Waals surface area (Å²) in [5.41, 5.74) is 0. The summed E-state index contributed by atoms with van der Waals surface area (Å²) in [6.45, 7) is 3.31. The highest BCUT2D eigenvalue weighted by Crippen LogP contribution is 2.26. The summed E-state index contributed by atoms with van der Waals surface area (Å²) in [6.07, 6.45) is -0.0115. The van der Waals surface area contributed by atoms with E-state index >= 15 is 0 Å². The molecule has 0 aliphatic heterocycles. The van der Waals surface area contributed by atoms with Crippen LogP contribution in [0.4, 0.5) is 0 Å². The molecule has 0 aromatic carbocycles. The molecule has 0 atom stereocenters. The Morgan fingerprint density at radius 1 is 1.29 bits per heavy atom. The highest BCUT2D eigenvalue weighted by atomic mass is 35.8. The van der Waals surface area contributed by atoms with Gasteiger partial charge in [0.25, 0.3) is 10.1 Å². The summed E-state index contributed by atoms with van der Waals surface area (Å²) in [7, 11) is -3.46. The van der Waals surface area contributed by atoms with E-state index in [2.05, 4.69) is 0 Å². The van der Waals surface area contributed by atoms with Crippen LogP contribution >= 0.6 is 33.2 Å². The largest absolute Gasteiger partial charge is 0.341 e. The second-order valence-corrected chi connectivity index (χ2v) is 14.1. The number of rotatable bonds is 6. The van der Waals surface area contributed by atoms with Crippen molar-refractivity contribution in [2.24, 2.45) is 0 Å². The van der Waals surface area contributed by atoms with Gasteiger partial charge in [0.15, 0.2) is 0 Å². The molecule has 0 saturated heterocycles. The van der Waals surface area contributed by atoms with Gasteiger partial charge in [-0.3, -0.25) is 4.18 Å². The van der Waals surface area contributed by atoms with Crippen molar-refractivity contribution >= 4 is 49.4 Å². The molecule has 0 heterocycles. The molecular formula is C6H13Cl3O3SSi. The van der Waals surface area contributed by atoms with Crippen molar-refractivity contribution in [3.05, 3.63) is 0 Å². The van der Waals surface area contributed by atoms with Gasteiger partial charge in [0, 0.05) is 0 Å². The first-order valence-corrected chi connectivity index (χ1v) is 10.9. The first-order chi connectivity index (χ1) is 6.12. The van der Waals surface area contributed by atoms with Crippen LogP contribution in [0, 0.1) is 0 Å². The highest BCUT2D eigenvalue weighted by molar-refractivity contribution is 7.86. The molecule has 0 aliphatic carbocycles. The Kier molecular flexibility index (Phi) is 6.33. The Balaban J connectivity index is 3.90. The summed E-state index contributed by atoms with van der Waals surface area (Å²) < 4.78 is 27.1. The smallest absolute Gasteiger partial charge is 0.267 e. The number of hydrogen-bond acceptors (Lipinski definition) is 3. The van der Waals surface area contributed by atoms with Crippen LogP contribution < -0.4 is 0 Å². The minimum atomic E-state index is -3.46. The van der Waals surface area contributed by atoms with Crippen molar-refractivity contribution in [1.82, 2.24) is 0 Å². The zero-order valence-corrected chi connectivity index (χ0v) is 12.0. The Morgan fingerprint density at radius 3 is 2.14 bits per heavy atom. The van der Waals surface area contributed by atoms with Crippen molar-refractivity contribution in [3.63, 3.8) is 0 Å². The molecule has 0 saturated carbocycles. The minimum Gasteiger partial charge on any atom is -0.267 e. The van der Waals surface area contributed by atoms with Crippen molar-refractivity contribution in [2.45, 2.75) is 32.4 Å². The van der Waals surface area contributed by atoms with E-state index in [-0.39, 0.29) is 11.9 Å². The molecule has 0 aromatic heterocycles. The first-order valence-electron chi connectivity index (χ1n) is 4.10. The third kappa shape index (κ3) is 9.55. The van der Waals surface area contributed by atoms with Gasteiger partial charge in [-0.15, -0.1) is 33.2 Å². The summed E-state index contributed by atoms with van der Waals surface area (Å²) in [4.78, 5) is 0. The fraction of sp³-hybridized carbons (Fsp3) is 1.00. The van der Waals surface area contributed by atoms with E-state index in [1.54, 1.807) is 13.8 Å². The monoisotopic (exact) mass is 298 g/mol. The molecule has 8 heteroatoms. The van der Waals surface area contributed by atoms with Gasteiger partial charge in [-0.05, 0) is 26.3 Å². The Hall–Kier alpha value is 0.997. The Labute approximate surface area is 99.9 Å². The quantitative estimate of drug-likeness (QED) is 0.430. The van der Waals surface area contributed by atoms with E-state index in [9.17, 15) is 8.42 Å². The van der Waals surface area contributed by atoms with Crippen molar-refractivity contribution in [3.8, 4) is 0 Å². The van der Waals surface area contributed by atoms with Gasteiger partial charge >= 0.3 is 6.00 Å². The molecule has 86 valence electrons. The SMILES string of the molecule is CC(C)OS(=O)(=O)CCC[Si](Cl)(Cl)Cl. The molecule has 0 unspecified atom stereocenters. The van der Waals surface area contributed by atoms with E-state index in [1.807, 2.05) is 0 Å². The number of halogens is 3. The minimum absolute atomic E-state index is 0.0912. The topological polar surface area (TPSA) is 43.4 Å². The first kappa shape index (κ1) is 15.0. The Morgan fingerprint density at radius 2 is 1.79 bits per heavy atom. The maximum absolute atomic E-state index is 11.2. The molecule has 0 fully saturated rings. The lowest BCUT2D eigenvalue weighted by Crippen LogP contribution is -2.18. The van der Waals surface area contributed by atoms with Gasteiger partial charge < -0.3 is 0 Å². The lowest BCUT2D eigenvalue weighted by atomic mass is 10.5. The van der Waals surface area contributed by atoms with Crippen LogP contribution in [0.3, 0.4) is 0 Å². The van der Waals surface area contributed by atoms with E-state index in [1.165, 1.54) is 0 Å². The lowest BCUT2D eigenvalue weighted by molar-refractivity contribution is 0.249. The maximum Gasteiger partial charge on any atom is 0.341 e. The van der Waals surface area contributed by atoms with Gasteiger partial charge in [-0.2, -0.15) is 8.42 Å². The normalized spacial score (nSPS) is 13.6. The average molecular weight is 300 g/mol. The van der Waals surface area contributed by atoms with Gasteiger partial charge in [0.1, 0.15) is 0 Å². The molecule has 0 amide bonds. The van der Waals surface area contributed by atoms with Gasteiger partial charge in [-0.1, -0.05) is 0 Å². The van der Waals surface area contributed by atoms with Crippen LogP contribution in [-0.2, 0) is 14.3 Å². The zero-order valence-electron chi connectivity index (χ0n) is 7.97. The highest BCUT2D eigenvalue weighted by Gasteiger charge is 2.25. The Bertz CT molecular complexity index is 260. The molecule has 0 bridgehead atoms. The molecule has 14 heavy (non-hydrogen) atoms. The zero-order chi connectivity index (χ0) is 11.4. The van der Waals surface area contributed by atoms with Crippen LogP contribution in [-0.4, -0.2) is 26.3 Å². The molecule has 0 aromatic rings.